The Bertz CT molecular complexity index is 1310. The number of aromatic nitrogens is 4. The fourth-order valence-corrected chi connectivity index (χ4v) is 5.84. The number of amides is 1. The summed E-state index contributed by atoms with van der Waals surface area (Å²) >= 11 is 7.88. The largest absolute Gasteiger partial charge is 0.327 e. The number of nitrogens with one attached hydrogen (secondary N) is 3. The lowest BCUT2D eigenvalue weighted by molar-refractivity contribution is -0.114. The van der Waals surface area contributed by atoms with Gasteiger partial charge in [-0.25, -0.2) is 4.98 Å². The van der Waals surface area contributed by atoms with Gasteiger partial charge in [0.1, 0.15) is 12.1 Å². The highest BCUT2D eigenvalue weighted by molar-refractivity contribution is 7.19. The summed E-state index contributed by atoms with van der Waals surface area (Å²) in [6, 6.07) is 14.6. The number of hydrogen-bond acceptors (Lipinski definition) is 7. The molecule has 180 valence electrons. The Balaban J connectivity index is 1.63. The van der Waals surface area contributed by atoms with E-state index in [2.05, 4.69) is 53.9 Å². The first-order valence-electron chi connectivity index (χ1n) is 11.4. The second-order valence-corrected chi connectivity index (χ2v) is 10.1. The van der Waals surface area contributed by atoms with E-state index in [4.69, 9.17) is 11.6 Å². The van der Waals surface area contributed by atoms with Gasteiger partial charge in [-0.15, -0.1) is 21.5 Å². The first kappa shape index (κ1) is 23.6. The number of H-pyrrole nitrogens is 1. The Labute approximate surface area is 212 Å². The van der Waals surface area contributed by atoms with Gasteiger partial charge in [-0.05, 0) is 60.5 Å². The van der Waals surface area contributed by atoms with Gasteiger partial charge in [-0.2, -0.15) is 0 Å². The molecule has 0 saturated carbocycles. The number of likely N-dealkylation sites (tertiary alicyclic amines) is 1. The van der Waals surface area contributed by atoms with E-state index in [0.717, 1.165) is 46.2 Å². The van der Waals surface area contributed by atoms with Crippen LogP contribution in [-0.2, 0) is 4.79 Å². The van der Waals surface area contributed by atoms with Crippen LogP contribution in [0.3, 0.4) is 0 Å². The van der Waals surface area contributed by atoms with E-state index in [1.165, 1.54) is 12.5 Å². The van der Waals surface area contributed by atoms with Gasteiger partial charge >= 0.3 is 0 Å². The highest BCUT2D eigenvalue weighted by Crippen LogP contribution is 2.44. The molecule has 1 saturated heterocycles. The van der Waals surface area contributed by atoms with Gasteiger partial charge in [-0.3, -0.25) is 9.69 Å². The van der Waals surface area contributed by atoms with Gasteiger partial charge < -0.3 is 15.6 Å². The second kappa shape index (κ2) is 10.2. The number of pyridine rings is 1. The summed E-state index contributed by atoms with van der Waals surface area (Å²) in [5, 5.41) is 15.3. The molecule has 1 aliphatic heterocycles. The number of thiophene rings is 1. The molecule has 10 heteroatoms. The number of rotatable bonds is 7. The van der Waals surface area contributed by atoms with Crippen LogP contribution in [-0.4, -0.2) is 57.2 Å². The van der Waals surface area contributed by atoms with E-state index in [9.17, 15) is 4.79 Å². The summed E-state index contributed by atoms with van der Waals surface area (Å²) in [5.74, 6) is 1.10. The fourth-order valence-electron chi connectivity index (χ4n) is 4.57. The molecule has 4 aromatic rings. The minimum atomic E-state index is -0.153. The van der Waals surface area contributed by atoms with Gasteiger partial charge in [0.05, 0.1) is 10.9 Å². The Kier molecular flexibility index (Phi) is 6.92. The van der Waals surface area contributed by atoms with E-state index in [1.807, 2.05) is 31.3 Å². The summed E-state index contributed by atoms with van der Waals surface area (Å²) < 4.78 is 0. The molecular weight excluding hydrogens is 482 g/mol. The molecule has 1 unspecified atom stereocenters. The molecule has 8 nitrogen and oxygen atoms in total. The smallest absolute Gasteiger partial charge is 0.222 e. The summed E-state index contributed by atoms with van der Waals surface area (Å²) in [4.78, 5) is 23.6. The monoisotopic (exact) mass is 507 g/mol. The van der Waals surface area contributed by atoms with E-state index in [0.29, 0.717) is 16.9 Å². The first-order chi connectivity index (χ1) is 17.0. The number of carbonyl (C=O) groups excluding carboxylic acids is 1. The van der Waals surface area contributed by atoms with Crippen molar-refractivity contribution in [2.75, 3.05) is 25.5 Å². The fraction of sp³-hybridized carbons (Fsp3) is 0.280. The minimum absolute atomic E-state index is 0.0207. The summed E-state index contributed by atoms with van der Waals surface area (Å²) in [5.41, 5.74) is 3.30. The van der Waals surface area contributed by atoms with Crippen LogP contribution in [0.1, 0.15) is 30.5 Å². The van der Waals surface area contributed by atoms with E-state index >= 15 is 0 Å². The predicted molar refractivity (Wildman–Crippen MR) is 140 cm³/mol. The maximum Gasteiger partial charge on any atom is 0.222 e. The van der Waals surface area contributed by atoms with Crippen molar-refractivity contribution in [3.8, 4) is 21.1 Å². The Hall–Kier alpha value is -3.11. The van der Waals surface area contributed by atoms with Crippen LogP contribution in [0, 0.1) is 0 Å². The van der Waals surface area contributed by atoms with Crippen LogP contribution in [0.4, 0.5) is 5.82 Å². The van der Waals surface area contributed by atoms with Gasteiger partial charge in [0.25, 0.3) is 0 Å². The highest BCUT2D eigenvalue weighted by atomic mass is 35.5. The molecule has 1 aliphatic rings. The third kappa shape index (κ3) is 5.13. The molecule has 1 amide bonds. The average Bonchev–Trinajstić information content (AvgIpc) is 3.61. The SMILES string of the molecule is CN[C@H]1CCN(C(c2ccc(Cl)cc2)c2cc(-c3ccnc(NC(C)=O)c3)sc2-c2nnc[nH]2)C1. The maximum absolute atomic E-state index is 11.6. The van der Waals surface area contributed by atoms with E-state index in [1.54, 1.807) is 23.9 Å². The molecule has 0 radical (unpaired) electrons. The van der Waals surface area contributed by atoms with Crippen molar-refractivity contribution in [2.45, 2.75) is 25.4 Å². The summed E-state index contributed by atoms with van der Waals surface area (Å²) in [7, 11) is 2.02. The van der Waals surface area contributed by atoms with Crippen molar-refractivity contribution in [2.24, 2.45) is 0 Å². The van der Waals surface area contributed by atoms with Crippen molar-refractivity contribution < 1.29 is 4.79 Å². The molecule has 3 aromatic heterocycles. The molecule has 0 spiro atoms. The van der Waals surface area contributed by atoms with Crippen molar-refractivity contribution >= 4 is 34.7 Å². The van der Waals surface area contributed by atoms with Gasteiger partial charge in [-0.1, -0.05) is 23.7 Å². The molecule has 4 heterocycles. The Morgan fingerprint density at radius 3 is 2.77 bits per heavy atom. The minimum Gasteiger partial charge on any atom is -0.327 e. The number of benzene rings is 1. The Morgan fingerprint density at radius 2 is 2.09 bits per heavy atom. The first-order valence-corrected chi connectivity index (χ1v) is 12.6. The van der Waals surface area contributed by atoms with Crippen molar-refractivity contribution in [1.82, 2.24) is 30.4 Å². The Morgan fingerprint density at radius 1 is 1.26 bits per heavy atom. The topological polar surface area (TPSA) is 98.8 Å². The zero-order valence-corrected chi connectivity index (χ0v) is 21.0. The molecule has 2 atom stereocenters. The zero-order chi connectivity index (χ0) is 24.4. The van der Waals surface area contributed by atoms with Crippen molar-refractivity contribution in [3.63, 3.8) is 0 Å². The lowest BCUT2D eigenvalue weighted by Gasteiger charge is -2.29. The summed E-state index contributed by atoms with van der Waals surface area (Å²) in [6.07, 6.45) is 4.40. The molecule has 1 fully saturated rings. The quantitative estimate of drug-likeness (QED) is 0.338. The van der Waals surface area contributed by atoms with Crippen LogP contribution >= 0.6 is 22.9 Å². The standard InChI is InChI=1S/C25H26ClN7OS/c1-15(34)31-22-11-17(7-9-28-22)21-12-20(24(35-21)25-29-14-30-32-25)23(16-3-5-18(26)6-4-16)33-10-8-19(13-33)27-2/h3-7,9,11-12,14,19,23,27H,8,10,13H2,1-2H3,(H,28,31,34)(H,29,30,32)/t19-,23?/m0/s1. The van der Waals surface area contributed by atoms with Crippen molar-refractivity contribution in [1.29, 1.82) is 0 Å². The molecule has 1 aromatic carbocycles. The molecule has 3 N–H and O–H groups in total. The van der Waals surface area contributed by atoms with Gasteiger partial charge in [0, 0.05) is 42.2 Å². The zero-order valence-electron chi connectivity index (χ0n) is 19.5. The molecule has 0 bridgehead atoms. The van der Waals surface area contributed by atoms with E-state index in [-0.39, 0.29) is 11.9 Å². The summed E-state index contributed by atoms with van der Waals surface area (Å²) in [6.45, 7) is 3.39. The van der Waals surface area contributed by atoms with Crippen LogP contribution in [0.5, 0.6) is 0 Å². The second-order valence-electron chi connectivity index (χ2n) is 8.57. The van der Waals surface area contributed by atoms with Crippen molar-refractivity contribution in [3.05, 3.63) is 71.1 Å². The normalized spacial score (nSPS) is 16.9. The molecule has 0 aliphatic carbocycles. The number of likely N-dealkylation sites (N-methyl/N-ethyl adjacent to an activating group) is 1. The van der Waals surface area contributed by atoms with E-state index < -0.39 is 0 Å². The van der Waals surface area contributed by atoms with Gasteiger partial charge in [0.15, 0.2) is 5.82 Å². The predicted octanol–water partition coefficient (Wildman–Crippen LogP) is 4.59. The van der Waals surface area contributed by atoms with Crippen LogP contribution in [0.2, 0.25) is 5.02 Å². The number of carbonyl (C=O) groups is 1. The lowest BCUT2D eigenvalue weighted by atomic mass is 9.96. The number of hydrogen-bond donors (Lipinski definition) is 3. The third-order valence-electron chi connectivity index (χ3n) is 6.21. The number of aromatic amines is 1. The lowest BCUT2D eigenvalue weighted by Crippen LogP contribution is -2.32. The van der Waals surface area contributed by atoms with Gasteiger partial charge in [0.2, 0.25) is 5.91 Å². The number of halogens is 1. The number of nitrogens with zero attached hydrogens (tertiary/aromatic N) is 4. The maximum atomic E-state index is 11.6. The third-order valence-corrected chi connectivity index (χ3v) is 7.67. The average molecular weight is 508 g/mol. The van der Waals surface area contributed by atoms with Crippen LogP contribution in [0.25, 0.3) is 21.1 Å². The highest BCUT2D eigenvalue weighted by Gasteiger charge is 2.33. The van der Waals surface area contributed by atoms with Crippen LogP contribution in [0.15, 0.2) is 55.0 Å². The van der Waals surface area contributed by atoms with Crippen LogP contribution < -0.4 is 10.6 Å². The molecule has 5 rings (SSSR count). The molecule has 35 heavy (non-hydrogen) atoms. The number of anilines is 1. The molecular formula is C25H26ClN7OS.